The number of hydrogen-bond acceptors (Lipinski definition) is 6. The van der Waals surface area contributed by atoms with Gasteiger partial charge in [0, 0.05) is 10.9 Å². The lowest BCUT2D eigenvalue weighted by atomic mass is 10.2. The lowest BCUT2D eigenvalue weighted by Crippen LogP contribution is -2.37. The van der Waals surface area contributed by atoms with E-state index in [4.69, 9.17) is 4.74 Å². The van der Waals surface area contributed by atoms with Gasteiger partial charge in [0.1, 0.15) is 23.5 Å². The SMILES string of the molecule is COC(=O)CN(c1ncnc2sc(C)cc12)C(C)C. The molecule has 19 heavy (non-hydrogen) atoms. The van der Waals surface area contributed by atoms with Crippen LogP contribution in [0, 0.1) is 6.92 Å². The first-order valence-corrected chi connectivity index (χ1v) is 6.89. The Morgan fingerprint density at radius 1 is 1.47 bits per heavy atom. The normalized spacial score (nSPS) is 11.0. The van der Waals surface area contributed by atoms with Gasteiger partial charge >= 0.3 is 5.97 Å². The van der Waals surface area contributed by atoms with Gasteiger partial charge in [0.15, 0.2) is 0 Å². The van der Waals surface area contributed by atoms with Crippen molar-refractivity contribution in [2.75, 3.05) is 18.6 Å². The van der Waals surface area contributed by atoms with Crippen molar-refractivity contribution in [3.8, 4) is 0 Å². The molecule has 0 fully saturated rings. The van der Waals surface area contributed by atoms with Crippen molar-refractivity contribution < 1.29 is 9.53 Å². The third-order valence-electron chi connectivity index (χ3n) is 2.85. The van der Waals surface area contributed by atoms with E-state index in [2.05, 4.69) is 16.0 Å². The minimum absolute atomic E-state index is 0.150. The molecule has 0 spiro atoms. The molecule has 0 aromatic carbocycles. The van der Waals surface area contributed by atoms with Crippen molar-refractivity contribution in [3.63, 3.8) is 0 Å². The minimum Gasteiger partial charge on any atom is -0.468 e. The second kappa shape index (κ2) is 5.52. The van der Waals surface area contributed by atoms with E-state index in [-0.39, 0.29) is 18.6 Å². The van der Waals surface area contributed by atoms with Gasteiger partial charge < -0.3 is 9.64 Å². The predicted molar refractivity (Wildman–Crippen MR) is 76.7 cm³/mol. The number of hydrogen-bond donors (Lipinski definition) is 0. The van der Waals surface area contributed by atoms with Crippen LogP contribution in [0.3, 0.4) is 0 Å². The third kappa shape index (κ3) is 2.84. The summed E-state index contributed by atoms with van der Waals surface area (Å²) in [5.74, 6) is 0.516. The number of carbonyl (C=O) groups excluding carboxylic acids is 1. The second-order valence-corrected chi connectivity index (χ2v) is 5.81. The molecule has 2 rings (SSSR count). The van der Waals surface area contributed by atoms with Crippen LogP contribution in [0.2, 0.25) is 0 Å². The quantitative estimate of drug-likeness (QED) is 0.804. The number of nitrogens with zero attached hydrogens (tertiary/aromatic N) is 3. The first-order chi connectivity index (χ1) is 9.02. The summed E-state index contributed by atoms with van der Waals surface area (Å²) >= 11 is 1.63. The average Bonchev–Trinajstić information content (AvgIpc) is 2.75. The molecule has 6 heteroatoms. The molecule has 0 aliphatic heterocycles. The van der Waals surface area contributed by atoms with E-state index in [0.717, 1.165) is 16.0 Å². The number of aryl methyl sites for hydroxylation is 1. The number of esters is 1. The molecule has 2 aromatic heterocycles. The maximum Gasteiger partial charge on any atom is 0.325 e. The van der Waals surface area contributed by atoms with Crippen LogP contribution < -0.4 is 4.90 Å². The lowest BCUT2D eigenvalue weighted by Gasteiger charge is -2.26. The molecule has 0 atom stereocenters. The Morgan fingerprint density at radius 2 is 2.21 bits per heavy atom. The van der Waals surface area contributed by atoms with Crippen molar-refractivity contribution in [1.82, 2.24) is 9.97 Å². The van der Waals surface area contributed by atoms with E-state index in [9.17, 15) is 4.79 Å². The predicted octanol–water partition coefficient (Wildman–Crippen LogP) is 2.39. The summed E-state index contributed by atoms with van der Waals surface area (Å²) in [6.45, 7) is 6.28. The van der Waals surface area contributed by atoms with Gasteiger partial charge in [-0.3, -0.25) is 4.79 Å². The average molecular weight is 279 g/mol. The molecule has 0 aliphatic carbocycles. The highest BCUT2D eigenvalue weighted by Gasteiger charge is 2.19. The van der Waals surface area contributed by atoms with Crippen molar-refractivity contribution in [2.45, 2.75) is 26.8 Å². The number of rotatable bonds is 4. The van der Waals surface area contributed by atoms with Gasteiger partial charge in [0.25, 0.3) is 0 Å². The molecule has 0 N–H and O–H groups in total. The number of methoxy groups -OCH3 is 1. The van der Waals surface area contributed by atoms with Crippen LogP contribution in [0.5, 0.6) is 0 Å². The Hall–Kier alpha value is -1.69. The summed E-state index contributed by atoms with van der Waals surface area (Å²) in [7, 11) is 1.39. The molecular weight excluding hydrogens is 262 g/mol. The van der Waals surface area contributed by atoms with Crippen LogP contribution in [0.4, 0.5) is 5.82 Å². The van der Waals surface area contributed by atoms with Gasteiger partial charge in [-0.25, -0.2) is 9.97 Å². The molecule has 102 valence electrons. The van der Waals surface area contributed by atoms with Crippen LogP contribution in [-0.4, -0.2) is 35.6 Å². The van der Waals surface area contributed by atoms with Crippen LogP contribution in [0.1, 0.15) is 18.7 Å². The first-order valence-electron chi connectivity index (χ1n) is 6.07. The van der Waals surface area contributed by atoms with Crippen LogP contribution >= 0.6 is 11.3 Å². The van der Waals surface area contributed by atoms with Crippen LogP contribution in [0.15, 0.2) is 12.4 Å². The number of ether oxygens (including phenoxy) is 1. The molecule has 0 radical (unpaired) electrons. The van der Waals surface area contributed by atoms with Crippen molar-refractivity contribution in [3.05, 3.63) is 17.3 Å². The third-order valence-corrected chi connectivity index (χ3v) is 3.81. The topological polar surface area (TPSA) is 55.3 Å². The van der Waals surface area contributed by atoms with Gasteiger partial charge in [-0.05, 0) is 26.8 Å². The van der Waals surface area contributed by atoms with E-state index < -0.39 is 0 Å². The monoisotopic (exact) mass is 279 g/mol. The van der Waals surface area contributed by atoms with Crippen molar-refractivity contribution >= 4 is 33.3 Å². The number of thiophene rings is 1. The van der Waals surface area contributed by atoms with E-state index in [1.165, 1.54) is 12.0 Å². The van der Waals surface area contributed by atoms with Gasteiger partial charge in [-0.2, -0.15) is 0 Å². The summed E-state index contributed by atoms with van der Waals surface area (Å²) in [5.41, 5.74) is 0. The molecular formula is C13H17N3O2S. The molecule has 0 bridgehead atoms. The van der Waals surface area contributed by atoms with Gasteiger partial charge in [0.05, 0.1) is 12.5 Å². The van der Waals surface area contributed by atoms with Gasteiger partial charge in [-0.1, -0.05) is 0 Å². The van der Waals surface area contributed by atoms with E-state index in [1.54, 1.807) is 17.7 Å². The maximum absolute atomic E-state index is 11.5. The largest absolute Gasteiger partial charge is 0.468 e. The number of aromatic nitrogens is 2. The Morgan fingerprint density at radius 3 is 2.84 bits per heavy atom. The molecule has 2 aromatic rings. The summed E-state index contributed by atoms with van der Waals surface area (Å²) in [4.78, 5) is 24.2. The van der Waals surface area contributed by atoms with E-state index in [0.29, 0.717) is 0 Å². The summed E-state index contributed by atoms with van der Waals surface area (Å²) in [6.07, 6.45) is 1.54. The molecule has 0 amide bonds. The minimum atomic E-state index is -0.271. The molecule has 0 unspecified atom stereocenters. The first kappa shape index (κ1) is 13.7. The van der Waals surface area contributed by atoms with Crippen molar-refractivity contribution in [1.29, 1.82) is 0 Å². The summed E-state index contributed by atoms with van der Waals surface area (Å²) in [6, 6.07) is 2.21. The molecule has 2 heterocycles. The van der Waals surface area contributed by atoms with Crippen LogP contribution in [-0.2, 0) is 9.53 Å². The highest BCUT2D eigenvalue weighted by molar-refractivity contribution is 7.18. The fourth-order valence-electron chi connectivity index (χ4n) is 1.90. The van der Waals surface area contributed by atoms with E-state index in [1.807, 2.05) is 25.7 Å². The standard InChI is InChI=1S/C13H17N3O2S/c1-8(2)16(6-11(17)18-4)12-10-5-9(3)19-13(10)15-7-14-12/h5,7-8H,6H2,1-4H3. The smallest absolute Gasteiger partial charge is 0.325 e. The maximum atomic E-state index is 11.5. The zero-order valence-electron chi connectivity index (χ0n) is 11.5. The van der Waals surface area contributed by atoms with Gasteiger partial charge in [0.2, 0.25) is 0 Å². The highest BCUT2D eigenvalue weighted by Crippen LogP contribution is 2.30. The molecule has 0 saturated carbocycles. The summed E-state index contributed by atoms with van der Waals surface area (Å²) in [5, 5.41) is 0.989. The Balaban J connectivity index is 2.46. The number of anilines is 1. The number of fused-ring (bicyclic) bond motifs is 1. The Kier molecular flexibility index (Phi) is 3.99. The lowest BCUT2D eigenvalue weighted by molar-refractivity contribution is -0.139. The highest BCUT2D eigenvalue weighted by atomic mass is 32.1. The van der Waals surface area contributed by atoms with Crippen LogP contribution in [0.25, 0.3) is 10.2 Å². The van der Waals surface area contributed by atoms with Gasteiger partial charge in [-0.15, -0.1) is 11.3 Å². The van der Waals surface area contributed by atoms with E-state index >= 15 is 0 Å². The second-order valence-electron chi connectivity index (χ2n) is 4.57. The zero-order valence-corrected chi connectivity index (χ0v) is 12.3. The fraction of sp³-hybridized carbons (Fsp3) is 0.462. The molecule has 0 aliphatic rings. The Bertz CT molecular complexity index is 595. The Labute approximate surface area is 116 Å². The molecule has 5 nitrogen and oxygen atoms in total. The van der Waals surface area contributed by atoms with Crippen molar-refractivity contribution in [2.24, 2.45) is 0 Å². The summed E-state index contributed by atoms with van der Waals surface area (Å²) < 4.78 is 4.75. The number of carbonyl (C=O) groups is 1. The molecule has 0 saturated heterocycles. The fourth-order valence-corrected chi connectivity index (χ4v) is 2.74. The zero-order chi connectivity index (χ0) is 14.0.